The summed E-state index contributed by atoms with van der Waals surface area (Å²) in [6, 6.07) is 20.9. The van der Waals surface area contributed by atoms with Crippen LogP contribution in [0.1, 0.15) is 53.9 Å². The molecule has 7 nitrogen and oxygen atoms in total. The van der Waals surface area contributed by atoms with Gasteiger partial charge in [-0.25, -0.2) is 8.42 Å². The van der Waals surface area contributed by atoms with Crippen molar-refractivity contribution in [3.63, 3.8) is 0 Å². The maximum absolute atomic E-state index is 11.7. The number of carboxylic acid groups (broad SMARTS) is 1. The second-order valence-corrected chi connectivity index (χ2v) is 13.9. The van der Waals surface area contributed by atoms with Crippen molar-refractivity contribution in [2.75, 3.05) is 23.4 Å². The summed E-state index contributed by atoms with van der Waals surface area (Å²) in [6.07, 6.45) is 4.12. The van der Waals surface area contributed by atoms with E-state index >= 15 is 0 Å². The Hall–Kier alpha value is -3.36. The highest BCUT2D eigenvalue weighted by Crippen LogP contribution is 2.47. The van der Waals surface area contributed by atoms with Crippen LogP contribution < -0.4 is 10.1 Å². The van der Waals surface area contributed by atoms with Gasteiger partial charge >= 0.3 is 5.97 Å². The third-order valence-corrected chi connectivity index (χ3v) is 10.3. The Morgan fingerprint density at radius 1 is 0.950 bits per heavy atom. The zero-order valence-electron chi connectivity index (χ0n) is 22.4. The summed E-state index contributed by atoms with van der Waals surface area (Å²) in [6.45, 7) is 0.772. The van der Waals surface area contributed by atoms with Crippen LogP contribution in [-0.4, -0.2) is 48.3 Å². The van der Waals surface area contributed by atoms with E-state index in [9.17, 15) is 23.4 Å². The van der Waals surface area contributed by atoms with Gasteiger partial charge in [0.15, 0.2) is 9.84 Å². The number of carbonyl (C=O) groups is 1. The Morgan fingerprint density at radius 3 is 2.42 bits per heavy atom. The number of rotatable bonds is 8. The third kappa shape index (κ3) is 5.88. The van der Waals surface area contributed by atoms with E-state index in [4.69, 9.17) is 4.74 Å². The monoisotopic (exact) mass is 561 g/mol. The molecular formula is C32H35NO6S. The van der Waals surface area contributed by atoms with Crippen molar-refractivity contribution in [1.29, 1.82) is 0 Å². The van der Waals surface area contributed by atoms with Gasteiger partial charge in [-0.05, 0) is 108 Å². The lowest BCUT2D eigenvalue weighted by atomic mass is 9.94. The molecule has 8 heteroatoms. The first kappa shape index (κ1) is 26.8. The average molecular weight is 562 g/mol. The second kappa shape index (κ2) is 10.6. The first-order valence-corrected chi connectivity index (χ1v) is 15.9. The fraction of sp³-hybridized carbons (Fsp3) is 0.406. The molecule has 3 N–H and O–H groups in total. The molecule has 3 aromatic rings. The summed E-state index contributed by atoms with van der Waals surface area (Å²) in [4.78, 5) is 11.2. The molecule has 1 saturated carbocycles. The van der Waals surface area contributed by atoms with Crippen LogP contribution in [0, 0.1) is 5.92 Å². The second-order valence-electron chi connectivity index (χ2n) is 11.6. The molecule has 1 aliphatic heterocycles. The number of fused-ring (bicyclic) bond motifs is 3. The van der Waals surface area contributed by atoms with Crippen LogP contribution in [0.2, 0.25) is 0 Å². The maximum Gasteiger partial charge on any atom is 0.307 e. The summed E-state index contributed by atoms with van der Waals surface area (Å²) in [7, 11) is -3.05. The Bertz CT molecular complexity index is 1520. The van der Waals surface area contributed by atoms with Gasteiger partial charge in [0.2, 0.25) is 0 Å². The van der Waals surface area contributed by atoms with Crippen LogP contribution in [0.5, 0.6) is 5.75 Å². The fourth-order valence-corrected chi connectivity index (χ4v) is 7.56. The van der Waals surface area contributed by atoms with E-state index in [2.05, 4.69) is 35.6 Å². The van der Waals surface area contributed by atoms with Crippen LogP contribution in [-0.2, 0) is 34.0 Å². The maximum atomic E-state index is 11.7. The minimum atomic E-state index is -3.05. The predicted molar refractivity (Wildman–Crippen MR) is 154 cm³/mol. The predicted octanol–water partition coefficient (Wildman–Crippen LogP) is 4.96. The van der Waals surface area contributed by atoms with Gasteiger partial charge in [-0.1, -0.05) is 30.3 Å². The molecule has 0 amide bonds. The highest BCUT2D eigenvalue weighted by Gasteiger charge is 2.44. The number of aryl methyl sites for hydroxylation is 2. The van der Waals surface area contributed by atoms with Crippen molar-refractivity contribution < 1.29 is 28.2 Å². The Balaban J connectivity index is 1.12. The molecule has 1 saturated heterocycles. The van der Waals surface area contributed by atoms with Crippen LogP contribution in [0.3, 0.4) is 0 Å². The molecule has 210 valence electrons. The Morgan fingerprint density at radius 2 is 1.70 bits per heavy atom. The van der Waals surface area contributed by atoms with Crippen LogP contribution in [0.15, 0.2) is 60.7 Å². The van der Waals surface area contributed by atoms with Gasteiger partial charge in [-0.2, -0.15) is 0 Å². The molecule has 0 spiro atoms. The van der Waals surface area contributed by atoms with E-state index in [1.807, 2.05) is 30.3 Å². The minimum Gasteiger partial charge on any atom is -0.491 e. The van der Waals surface area contributed by atoms with Crippen molar-refractivity contribution in [1.82, 2.24) is 0 Å². The van der Waals surface area contributed by atoms with Gasteiger partial charge in [0.05, 0.1) is 17.4 Å². The zero-order chi connectivity index (χ0) is 27.9. The van der Waals surface area contributed by atoms with E-state index in [0.29, 0.717) is 12.3 Å². The molecule has 2 aliphatic carbocycles. The lowest BCUT2D eigenvalue weighted by molar-refractivity contribution is -0.138. The largest absolute Gasteiger partial charge is 0.491 e. The fourth-order valence-electron chi connectivity index (χ4n) is 5.97. The summed E-state index contributed by atoms with van der Waals surface area (Å²) in [5, 5.41) is 23.5. The Labute approximate surface area is 235 Å². The standard InChI is InChI=1S/C32H35NO6S/c34-31(35)30-18-29(30)23-6-8-25(9-7-23)33-19-21-4-5-22-2-1-3-24-17-26(10-11-27(24)28(22)16-21)39-20-32(36)12-14-40(37,38)15-13-32/h4-11,16-17,29-30,33,36H,1-3,12-15,18-20H2,(H,34,35). The third-order valence-electron chi connectivity index (χ3n) is 8.64. The van der Waals surface area contributed by atoms with E-state index in [-0.39, 0.29) is 42.8 Å². The van der Waals surface area contributed by atoms with Crippen molar-refractivity contribution in [3.05, 3.63) is 82.9 Å². The molecule has 2 fully saturated rings. The molecule has 6 rings (SSSR count). The van der Waals surface area contributed by atoms with E-state index < -0.39 is 21.4 Å². The zero-order valence-corrected chi connectivity index (χ0v) is 23.3. The highest BCUT2D eigenvalue weighted by atomic mass is 32.2. The topological polar surface area (TPSA) is 113 Å². The minimum absolute atomic E-state index is 0.00398. The highest BCUT2D eigenvalue weighted by molar-refractivity contribution is 7.91. The van der Waals surface area contributed by atoms with Crippen LogP contribution in [0.25, 0.3) is 11.1 Å². The number of nitrogens with one attached hydrogen (secondary N) is 1. The molecule has 0 bridgehead atoms. The van der Waals surface area contributed by atoms with Gasteiger partial charge in [0, 0.05) is 12.2 Å². The molecule has 0 radical (unpaired) electrons. The molecule has 1 heterocycles. The summed E-state index contributed by atoms with van der Waals surface area (Å²) in [5.41, 5.74) is 7.15. The Kier molecular flexibility index (Phi) is 7.09. The molecule has 2 atom stereocenters. The molecule has 0 aromatic heterocycles. The molecule has 40 heavy (non-hydrogen) atoms. The molecule has 2 unspecified atom stereocenters. The van der Waals surface area contributed by atoms with Crippen molar-refractivity contribution in [3.8, 4) is 16.9 Å². The van der Waals surface area contributed by atoms with E-state index in [0.717, 1.165) is 36.9 Å². The van der Waals surface area contributed by atoms with E-state index in [1.54, 1.807) is 0 Å². The lowest BCUT2D eigenvalue weighted by Gasteiger charge is -2.31. The SMILES string of the molecule is O=C(O)C1CC1c1ccc(NCc2ccc3c(c2)-c2ccc(OCC4(O)CCS(=O)(=O)CC4)cc2CCC3)cc1. The van der Waals surface area contributed by atoms with Gasteiger partial charge in [0.1, 0.15) is 18.0 Å². The van der Waals surface area contributed by atoms with Crippen molar-refractivity contribution in [2.24, 2.45) is 5.92 Å². The van der Waals surface area contributed by atoms with Gasteiger partial charge in [-0.3, -0.25) is 4.79 Å². The molecular weight excluding hydrogens is 526 g/mol. The number of aliphatic carboxylic acids is 1. The number of ether oxygens (including phenoxy) is 1. The number of hydrogen-bond donors (Lipinski definition) is 3. The summed E-state index contributed by atoms with van der Waals surface area (Å²) >= 11 is 0. The first-order valence-electron chi connectivity index (χ1n) is 14.1. The smallest absolute Gasteiger partial charge is 0.307 e. The average Bonchev–Trinajstić information content (AvgIpc) is 3.77. The van der Waals surface area contributed by atoms with E-state index in [1.165, 1.54) is 27.8 Å². The number of aliphatic hydroxyl groups is 1. The van der Waals surface area contributed by atoms with Crippen LogP contribution >= 0.6 is 0 Å². The van der Waals surface area contributed by atoms with Crippen molar-refractivity contribution >= 4 is 21.5 Å². The number of anilines is 1. The van der Waals surface area contributed by atoms with Crippen LogP contribution in [0.4, 0.5) is 5.69 Å². The normalized spacial score (nSPS) is 22.3. The number of carboxylic acids is 1. The summed E-state index contributed by atoms with van der Waals surface area (Å²) < 4.78 is 29.5. The summed E-state index contributed by atoms with van der Waals surface area (Å²) in [5.74, 6) is -0.107. The number of hydrogen-bond acceptors (Lipinski definition) is 6. The van der Waals surface area contributed by atoms with Gasteiger partial charge in [0.25, 0.3) is 0 Å². The van der Waals surface area contributed by atoms with Gasteiger partial charge < -0.3 is 20.3 Å². The van der Waals surface area contributed by atoms with Gasteiger partial charge in [-0.15, -0.1) is 0 Å². The van der Waals surface area contributed by atoms with Crippen molar-refractivity contribution in [2.45, 2.75) is 56.6 Å². The quantitative estimate of drug-likeness (QED) is 0.356. The number of benzene rings is 3. The first-order chi connectivity index (χ1) is 19.2. The number of sulfone groups is 1. The molecule has 3 aliphatic rings. The molecule has 3 aromatic carbocycles. The lowest BCUT2D eigenvalue weighted by Crippen LogP contribution is -2.43.